The van der Waals surface area contributed by atoms with Gasteiger partial charge >= 0.3 is 5.97 Å². The van der Waals surface area contributed by atoms with Crippen molar-refractivity contribution >= 4 is 5.97 Å². The highest BCUT2D eigenvalue weighted by Gasteiger charge is 2.59. The lowest BCUT2D eigenvalue weighted by molar-refractivity contribution is -0.178. The minimum atomic E-state index is -0.318. The SMILES string of the molecule is C=C(C)C(=O)O[C@@H]1C2OC[C@@H]2CC1(Cc1ccccc1)Cc1ccccc1. The third-order valence-electron chi connectivity index (χ3n) is 5.92. The van der Waals surface area contributed by atoms with Crippen molar-refractivity contribution < 1.29 is 14.3 Å². The van der Waals surface area contributed by atoms with E-state index in [1.807, 2.05) is 12.1 Å². The highest BCUT2D eigenvalue weighted by molar-refractivity contribution is 5.87. The van der Waals surface area contributed by atoms with Gasteiger partial charge in [-0.3, -0.25) is 0 Å². The fourth-order valence-corrected chi connectivity index (χ4v) is 4.66. The van der Waals surface area contributed by atoms with Crippen molar-refractivity contribution in [2.24, 2.45) is 11.3 Å². The van der Waals surface area contributed by atoms with Gasteiger partial charge in [-0.05, 0) is 37.3 Å². The van der Waals surface area contributed by atoms with Crippen LogP contribution >= 0.6 is 0 Å². The van der Waals surface area contributed by atoms with Crippen LogP contribution in [0.5, 0.6) is 0 Å². The monoisotopic (exact) mass is 362 g/mol. The van der Waals surface area contributed by atoms with E-state index in [0.29, 0.717) is 11.5 Å². The van der Waals surface area contributed by atoms with Crippen molar-refractivity contribution in [3.05, 3.63) is 83.9 Å². The van der Waals surface area contributed by atoms with Gasteiger partial charge in [0.15, 0.2) is 0 Å². The van der Waals surface area contributed by atoms with Crippen LogP contribution in [0, 0.1) is 11.3 Å². The average molecular weight is 362 g/mol. The lowest BCUT2D eigenvalue weighted by Gasteiger charge is -2.38. The fraction of sp³-hybridized carbons (Fsp3) is 0.375. The van der Waals surface area contributed by atoms with E-state index in [1.54, 1.807) is 6.92 Å². The van der Waals surface area contributed by atoms with Crippen LogP contribution in [0.2, 0.25) is 0 Å². The van der Waals surface area contributed by atoms with Gasteiger partial charge in [0.2, 0.25) is 0 Å². The Morgan fingerprint density at radius 2 is 1.63 bits per heavy atom. The maximum Gasteiger partial charge on any atom is 0.333 e. The van der Waals surface area contributed by atoms with Gasteiger partial charge in [-0.1, -0.05) is 67.2 Å². The van der Waals surface area contributed by atoms with Gasteiger partial charge in [0.1, 0.15) is 12.2 Å². The molecule has 2 aliphatic rings. The van der Waals surface area contributed by atoms with E-state index >= 15 is 0 Å². The summed E-state index contributed by atoms with van der Waals surface area (Å²) in [6.45, 7) is 6.22. The zero-order valence-corrected chi connectivity index (χ0v) is 15.8. The summed E-state index contributed by atoms with van der Waals surface area (Å²) in [4.78, 5) is 12.4. The van der Waals surface area contributed by atoms with Crippen LogP contribution in [-0.2, 0) is 27.1 Å². The van der Waals surface area contributed by atoms with E-state index in [4.69, 9.17) is 9.47 Å². The summed E-state index contributed by atoms with van der Waals surface area (Å²) in [5, 5.41) is 0. The van der Waals surface area contributed by atoms with Crippen LogP contribution in [0.4, 0.5) is 0 Å². The molecule has 1 aliphatic carbocycles. The topological polar surface area (TPSA) is 35.5 Å². The Morgan fingerprint density at radius 3 is 2.07 bits per heavy atom. The van der Waals surface area contributed by atoms with Gasteiger partial charge in [-0.25, -0.2) is 4.79 Å². The minimum Gasteiger partial charge on any atom is -0.456 e. The molecule has 2 aromatic rings. The standard InChI is InChI=1S/C24H26O3/c1-17(2)23(25)27-22-21-20(16-26-21)15-24(22,13-18-9-5-3-6-10-18)14-19-11-7-4-8-12-19/h3-12,20-22H,1,13-16H2,2H3/t20-,21?,22+/m0/s1. The summed E-state index contributed by atoms with van der Waals surface area (Å²) in [6.07, 6.45) is 2.50. The molecule has 0 N–H and O–H groups in total. The second-order valence-electron chi connectivity index (χ2n) is 8.06. The van der Waals surface area contributed by atoms with E-state index in [9.17, 15) is 4.79 Å². The normalized spacial score (nSPS) is 25.3. The molecular weight excluding hydrogens is 336 g/mol. The van der Waals surface area contributed by atoms with Crippen LogP contribution in [-0.4, -0.2) is 24.8 Å². The largest absolute Gasteiger partial charge is 0.456 e. The number of esters is 1. The fourth-order valence-electron chi connectivity index (χ4n) is 4.66. The Hall–Kier alpha value is -2.39. The summed E-state index contributed by atoms with van der Waals surface area (Å²) >= 11 is 0. The molecule has 1 saturated heterocycles. The maximum absolute atomic E-state index is 12.4. The Balaban J connectivity index is 1.70. The van der Waals surface area contributed by atoms with E-state index in [-0.39, 0.29) is 23.6 Å². The van der Waals surface area contributed by atoms with Crippen molar-refractivity contribution in [1.82, 2.24) is 0 Å². The molecule has 1 heterocycles. The molecule has 0 spiro atoms. The van der Waals surface area contributed by atoms with Crippen LogP contribution in [0.3, 0.4) is 0 Å². The van der Waals surface area contributed by atoms with Gasteiger partial charge in [0.25, 0.3) is 0 Å². The number of hydrogen-bond acceptors (Lipinski definition) is 3. The zero-order valence-electron chi connectivity index (χ0n) is 15.8. The Morgan fingerprint density at radius 1 is 1.07 bits per heavy atom. The van der Waals surface area contributed by atoms with Crippen molar-refractivity contribution in [2.75, 3.05) is 6.61 Å². The lowest BCUT2D eigenvalue weighted by atomic mass is 9.73. The first kappa shape index (κ1) is 18.0. The molecule has 27 heavy (non-hydrogen) atoms. The second-order valence-corrected chi connectivity index (χ2v) is 8.06. The van der Waals surface area contributed by atoms with Crippen molar-refractivity contribution in [3.8, 4) is 0 Å². The predicted octanol–water partition coefficient (Wildman–Crippen LogP) is 4.36. The van der Waals surface area contributed by atoms with E-state index in [1.165, 1.54) is 11.1 Å². The first-order valence-corrected chi connectivity index (χ1v) is 9.63. The molecule has 4 rings (SSSR count). The Kier molecular flexibility index (Phi) is 4.88. The van der Waals surface area contributed by atoms with E-state index < -0.39 is 0 Å². The number of carbonyl (C=O) groups is 1. The van der Waals surface area contributed by atoms with Crippen LogP contribution < -0.4 is 0 Å². The molecule has 1 aliphatic heterocycles. The highest BCUT2D eigenvalue weighted by Crippen LogP contribution is 2.53. The highest BCUT2D eigenvalue weighted by atomic mass is 16.6. The molecule has 2 fully saturated rings. The predicted molar refractivity (Wildman–Crippen MR) is 105 cm³/mol. The molecular formula is C24H26O3. The molecule has 1 saturated carbocycles. The van der Waals surface area contributed by atoms with Crippen molar-refractivity contribution in [1.29, 1.82) is 0 Å². The molecule has 0 aromatic heterocycles. The van der Waals surface area contributed by atoms with Gasteiger partial charge in [-0.15, -0.1) is 0 Å². The summed E-state index contributed by atoms with van der Waals surface area (Å²) in [6, 6.07) is 21.0. The molecule has 3 atom stereocenters. The van der Waals surface area contributed by atoms with Gasteiger partial charge in [-0.2, -0.15) is 0 Å². The number of rotatable bonds is 6. The first-order chi connectivity index (χ1) is 13.1. The molecule has 140 valence electrons. The summed E-state index contributed by atoms with van der Waals surface area (Å²) < 4.78 is 11.9. The van der Waals surface area contributed by atoms with Crippen LogP contribution in [0.1, 0.15) is 24.5 Å². The molecule has 0 amide bonds. The third-order valence-corrected chi connectivity index (χ3v) is 5.92. The molecule has 0 radical (unpaired) electrons. The number of benzene rings is 2. The van der Waals surface area contributed by atoms with Crippen molar-refractivity contribution in [2.45, 2.75) is 38.4 Å². The first-order valence-electron chi connectivity index (χ1n) is 9.63. The molecule has 3 heteroatoms. The van der Waals surface area contributed by atoms with Gasteiger partial charge in [0.05, 0.1) is 6.61 Å². The average Bonchev–Trinajstić information content (AvgIpc) is 2.84. The van der Waals surface area contributed by atoms with E-state index in [2.05, 4.69) is 55.1 Å². The Labute approximate surface area is 161 Å². The smallest absolute Gasteiger partial charge is 0.333 e. The number of fused-ring (bicyclic) bond motifs is 1. The summed E-state index contributed by atoms with van der Waals surface area (Å²) in [5.41, 5.74) is 2.81. The Bertz CT molecular complexity index is 771. The quantitative estimate of drug-likeness (QED) is 0.566. The minimum absolute atomic E-state index is 0.000671. The maximum atomic E-state index is 12.4. The van der Waals surface area contributed by atoms with Gasteiger partial charge in [0, 0.05) is 16.9 Å². The lowest BCUT2D eigenvalue weighted by Crippen LogP contribution is -2.48. The summed E-state index contributed by atoms with van der Waals surface area (Å²) in [7, 11) is 0. The zero-order chi connectivity index (χ0) is 18.9. The molecule has 1 unspecified atom stereocenters. The number of carbonyl (C=O) groups excluding carboxylic acids is 1. The van der Waals surface area contributed by atoms with Crippen molar-refractivity contribution in [3.63, 3.8) is 0 Å². The third kappa shape index (κ3) is 3.57. The molecule has 3 nitrogen and oxygen atoms in total. The van der Waals surface area contributed by atoms with Crippen LogP contribution in [0.15, 0.2) is 72.8 Å². The molecule has 2 aromatic carbocycles. The van der Waals surface area contributed by atoms with Crippen LogP contribution in [0.25, 0.3) is 0 Å². The summed E-state index contributed by atoms with van der Waals surface area (Å²) in [5.74, 6) is 0.141. The number of hydrogen-bond donors (Lipinski definition) is 0. The number of ether oxygens (including phenoxy) is 2. The second kappa shape index (κ2) is 7.32. The van der Waals surface area contributed by atoms with Gasteiger partial charge < -0.3 is 9.47 Å². The van der Waals surface area contributed by atoms with E-state index in [0.717, 1.165) is 25.9 Å². The molecule has 0 bridgehead atoms.